The number of hydrogen-bond donors (Lipinski definition) is 3. The molecule has 2 aromatic carbocycles. The Bertz CT molecular complexity index is 1580. The maximum atomic E-state index is 14.6. The molecule has 1 aromatic heterocycles. The standard InChI is InChI=1S/C26H21BrClF3N2O5S/c27-24-22(31)17(5-6-32-24)23(34)26(36)13-8-14(26)10-16(9-13)39(37,38)21-7-12(1-3-18(21)28)25(35)33-15-2-4-19(29)20(30)11-15/h1-7,11,13-14,16,23,34,36H,8-10H2,(H,33,35). The lowest BCUT2D eigenvalue weighted by molar-refractivity contribution is -0.234. The lowest BCUT2D eigenvalue weighted by Crippen LogP contribution is -2.64. The first-order valence-corrected chi connectivity index (χ1v) is 14.6. The minimum absolute atomic E-state index is 0.0120. The summed E-state index contributed by atoms with van der Waals surface area (Å²) in [6.45, 7) is 0. The molecule has 0 saturated heterocycles. The Kier molecular flexibility index (Phi) is 7.30. The molecule has 6 rings (SSSR count). The van der Waals surface area contributed by atoms with Gasteiger partial charge in [-0.2, -0.15) is 0 Å². The topological polar surface area (TPSA) is 117 Å². The average Bonchev–Trinajstić information content (AvgIpc) is 2.91. The molecule has 3 aliphatic rings. The number of carbonyl (C=O) groups is 1. The second kappa shape index (κ2) is 10.2. The first-order chi connectivity index (χ1) is 18.3. The van der Waals surface area contributed by atoms with Crippen LogP contribution in [0.1, 0.15) is 41.3 Å². The van der Waals surface area contributed by atoms with Crippen LogP contribution in [0.15, 0.2) is 58.2 Å². The maximum absolute atomic E-state index is 14.6. The molecule has 3 saturated carbocycles. The predicted molar refractivity (Wildman–Crippen MR) is 139 cm³/mol. The van der Waals surface area contributed by atoms with Gasteiger partial charge < -0.3 is 15.5 Å². The molecule has 7 nitrogen and oxygen atoms in total. The average molecular weight is 646 g/mol. The van der Waals surface area contributed by atoms with E-state index in [-0.39, 0.29) is 44.2 Å². The molecule has 1 heterocycles. The molecule has 39 heavy (non-hydrogen) atoms. The van der Waals surface area contributed by atoms with Crippen LogP contribution in [-0.4, -0.2) is 40.4 Å². The van der Waals surface area contributed by atoms with Gasteiger partial charge in [0, 0.05) is 29.1 Å². The Balaban J connectivity index is 1.37. The Morgan fingerprint density at radius 2 is 1.77 bits per heavy atom. The predicted octanol–water partition coefficient (Wildman–Crippen LogP) is 5.20. The van der Waals surface area contributed by atoms with E-state index in [4.69, 9.17) is 11.6 Å². The zero-order valence-corrected chi connectivity index (χ0v) is 23.1. The molecule has 206 valence electrons. The van der Waals surface area contributed by atoms with Gasteiger partial charge in [0.05, 0.1) is 15.2 Å². The number of pyridine rings is 1. The SMILES string of the molecule is O=C(Nc1ccc(F)c(F)c1)c1ccc(Cl)c(S(=O)(=O)C2CC3CC(C2)C3(O)C(O)c2ccnc(Br)c2F)c1. The second-order valence-corrected chi connectivity index (χ2v) is 13.1. The minimum atomic E-state index is -4.10. The summed E-state index contributed by atoms with van der Waals surface area (Å²) < 4.78 is 68.4. The molecule has 3 atom stereocenters. The van der Waals surface area contributed by atoms with Crippen molar-refractivity contribution in [3.05, 3.63) is 86.9 Å². The van der Waals surface area contributed by atoms with Crippen LogP contribution in [0.4, 0.5) is 18.9 Å². The lowest BCUT2D eigenvalue weighted by atomic mass is 9.51. The highest BCUT2D eigenvalue weighted by Gasteiger charge is 2.63. The monoisotopic (exact) mass is 644 g/mol. The fourth-order valence-corrected chi connectivity index (χ4v) is 8.36. The van der Waals surface area contributed by atoms with E-state index in [1.807, 2.05) is 0 Å². The van der Waals surface area contributed by atoms with Crippen LogP contribution in [0.25, 0.3) is 0 Å². The fourth-order valence-electron chi connectivity index (χ4n) is 5.61. The van der Waals surface area contributed by atoms with Crippen molar-refractivity contribution in [2.45, 2.75) is 41.1 Å². The number of anilines is 1. The van der Waals surface area contributed by atoms with Crippen LogP contribution in [0.2, 0.25) is 5.02 Å². The van der Waals surface area contributed by atoms with Gasteiger partial charge >= 0.3 is 0 Å². The first-order valence-electron chi connectivity index (χ1n) is 11.8. The number of halogens is 5. The summed E-state index contributed by atoms with van der Waals surface area (Å²) in [4.78, 5) is 16.2. The number of amides is 1. The number of rotatable bonds is 6. The van der Waals surface area contributed by atoms with Gasteiger partial charge in [0.15, 0.2) is 27.3 Å². The van der Waals surface area contributed by atoms with Gasteiger partial charge in [-0.05, 0) is 83.4 Å². The van der Waals surface area contributed by atoms with Crippen LogP contribution >= 0.6 is 27.5 Å². The maximum Gasteiger partial charge on any atom is 0.255 e. The number of nitrogens with one attached hydrogen (secondary N) is 1. The van der Waals surface area contributed by atoms with Gasteiger partial charge in [-0.25, -0.2) is 26.6 Å². The number of aliphatic hydroxyl groups excluding tert-OH is 1. The Labute approximate surface area is 235 Å². The number of aliphatic hydroxyl groups is 2. The van der Waals surface area contributed by atoms with Gasteiger partial charge in [0.25, 0.3) is 5.91 Å². The molecule has 3 aromatic rings. The fraction of sp³-hybridized carbons (Fsp3) is 0.308. The first kappa shape index (κ1) is 28.0. The number of sulfone groups is 1. The summed E-state index contributed by atoms with van der Waals surface area (Å²) in [6, 6.07) is 7.72. The van der Waals surface area contributed by atoms with E-state index in [1.165, 1.54) is 24.4 Å². The van der Waals surface area contributed by atoms with Crippen molar-refractivity contribution >= 4 is 49.0 Å². The molecular weight excluding hydrogens is 625 g/mol. The molecular formula is C26H21BrClF3N2O5S. The van der Waals surface area contributed by atoms with Crippen LogP contribution in [0.5, 0.6) is 0 Å². The van der Waals surface area contributed by atoms with E-state index in [0.29, 0.717) is 6.42 Å². The van der Waals surface area contributed by atoms with Gasteiger partial charge in [0.1, 0.15) is 16.3 Å². The van der Waals surface area contributed by atoms with Crippen LogP contribution in [-0.2, 0) is 9.84 Å². The number of carbonyl (C=O) groups excluding carboxylic acids is 1. The van der Waals surface area contributed by atoms with E-state index in [1.54, 1.807) is 0 Å². The van der Waals surface area contributed by atoms with Crippen molar-refractivity contribution in [2.75, 3.05) is 5.32 Å². The van der Waals surface area contributed by atoms with Crippen molar-refractivity contribution in [1.82, 2.24) is 4.98 Å². The number of nitrogens with zero attached hydrogens (tertiary/aromatic N) is 1. The third kappa shape index (κ3) is 4.76. The highest BCUT2D eigenvalue weighted by molar-refractivity contribution is 9.10. The molecule has 3 aliphatic carbocycles. The van der Waals surface area contributed by atoms with Gasteiger partial charge in [0.2, 0.25) is 0 Å². The van der Waals surface area contributed by atoms with Crippen molar-refractivity contribution in [2.24, 2.45) is 11.8 Å². The lowest BCUT2D eigenvalue weighted by Gasteiger charge is -2.60. The molecule has 0 spiro atoms. The van der Waals surface area contributed by atoms with Crippen molar-refractivity contribution < 1.29 is 36.6 Å². The van der Waals surface area contributed by atoms with E-state index < -0.39 is 62.0 Å². The van der Waals surface area contributed by atoms with Gasteiger partial charge in [-0.1, -0.05) is 11.6 Å². The van der Waals surface area contributed by atoms with E-state index in [9.17, 15) is 36.6 Å². The molecule has 3 unspecified atom stereocenters. The summed E-state index contributed by atoms with van der Waals surface area (Å²) in [5, 5.41) is 23.6. The van der Waals surface area contributed by atoms with Crippen molar-refractivity contribution in [3.8, 4) is 0 Å². The largest absolute Gasteiger partial charge is 0.386 e. The van der Waals surface area contributed by atoms with Crippen molar-refractivity contribution in [1.29, 1.82) is 0 Å². The zero-order chi connectivity index (χ0) is 28.3. The number of hydrogen-bond acceptors (Lipinski definition) is 6. The Morgan fingerprint density at radius 1 is 1.08 bits per heavy atom. The Morgan fingerprint density at radius 3 is 2.44 bits per heavy atom. The summed E-state index contributed by atoms with van der Waals surface area (Å²) in [5.74, 6) is -5.07. The van der Waals surface area contributed by atoms with Crippen LogP contribution < -0.4 is 5.32 Å². The molecule has 0 aliphatic heterocycles. The Hall–Kier alpha value is -2.51. The molecule has 13 heteroatoms. The highest BCUT2D eigenvalue weighted by atomic mass is 79.9. The molecule has 3 N–H and O–H groups in total. The second-order valence-electron chi connectivity index (χ2n) is 9.79. The third-order valence-electron chi connectivity index (χ3n) is 7.70. The van der Waals surface area contributed by atoms with E-state index >= 15 is 0 Å². The molecule has 3 fully saturated rings. The summed E-state index contributed by atoms with van der Waals surface area (Å²) in [5.41, 5.74) is -1.96. The van der Waals surface area contributed by atoms with Crippen molar-refractivity contribution in [3.63, 3.8) is 0 Å². The van der Waals surface area contributed by atoms with E-state index in [0.717, 1.165) is 24.3 Å². The van der Waals surface area contributed by atoms with Gasteiger partial charge in [-0.3, -0.25) is 4.79 Å². The van der Waals surface area contributed by atoms with Crippen LogP contribution in [0.3, 0.4) is 0 Å². The van der Waals surface area contributed by atoms with Gasteiger partial charge in [-0.15, -0.1) is 0 Å². The summed E-state index contributed by atoms with van der Waals surface area (Å²) in [6.07, 6.45) is 0.131. The van der Waals surface area contributed by atoms with Crippen LogP contribution in [0, 0.1) is 29.3 Å². The molecule has 1 amide bonds. The minimum Gasteiger partial charge on any atom is -0.386 e. The third-order valence-corrected chi connectivity index (χ3v) is 10.9. The summed E-state index contributed by atoms with van der Waals surface area (Å²) in [7, 11) is -4.10. The smallest absolute Gasteiger partial charge is 0.255 e. The summed E-state index contributed by atoms with van der Waals surface area (Å²) >= 11 is 9.19. The number of fused-ring (bicyclic) bond motifs is 2. The molecule has 2 bridgehead atoms. The highest BCUT2D eigenvalue weighted by Crippen LogP contribution is 2.60. The molecule has 0 radical (unpaired) electrons. The zero-order valence-electron chi connectivity index (χ0n) is 19.9. The normalized spacial score (nSPS) is 25.1. The number of aromatic nitrogens is 1. The quantitative estimate of drug-likeness (QED) is 0.317. The number of benzene rings is 2. The van der Waals surface area contributed by atoms with E-state index in [2.05, 4.69) is 26.2 Å².